The van der Waals surface area contributed by atoms with Crippen LogP contribution in [0.5, 0.6) is 0 Å². The third-order valence-electron chi connectivity index (χ3n) is 2.50. The summed E-state index contributed by atoms with van der Waals surface area (Å²) in [6.45, 7) is 5.71. The second-order valence-corrected chi connectivity index (χ2v) is 4.75. The molecule has 94 valence electrons. The van der Waals surface area contributed by atoms with Gasteiger partial charge in [0.15, 0.2) is 0 Å². The molecular weight excluding hydrogens is 210 g/mol. The zero-order valence-corrected chi connectivity index (χ0v) is 10.8. The van der Waals surface area contributed by atoms with Crippen LogP contribution in [0.1, 0.15) is 25.8 Å². The first kappa shape index (κ1) is 13.9. The van der Waals surface area contributed by atoms with Crippen molar-refractivity contribution in [1.29, 1.82) is 0 Å². The van der Waals surface area contributed by atoms with E-state index in [1.165, 1.54) is 5.56 Å². The lowest BCUT2D eigenvalue weighted by molar-refractivity contribution is 0.148. The van der Waals surface area contributed by atoms with Gasteiger partial charge in [0.1, 0.15) is 0 Å². The fourth-order valence-electron chi connectivity index (χ4n) is 1.72. The van der Waals surface area contributed by atoms with Crippen LogP contribution < -0.4 is 5.32 Å². The van der Waals surface area contributed by atoms with Crippen LogP contribution in [-0.4, -0.2) is 24.3 Å². The minimum absolute atomic E-state index is 0.236. The Bertz CT molecular complexity index is 319. The molecule has 1 unspecified atom stereocenters. The molecule has 1 aromatic carbocycles. The van der Waals surface area contributed by atoms with Crippen molar-refractivity contribution in [3.05, 3.63) is 42.0 Å². The maximum Gasteiger partial charge on any atom is 0.0667 e. The Morgan fingerprint density at radius 3 is 2.59 bits per heavy atom. The van der Waals surface area contributed by atoms with Gasteiger partial charge in [0, 0.05) is 13.1 Å². The summed E-state index contributed by atoms with van der Waals surface area (Å²) in [5.74, 6) is 0.548. The first-order valence-corrected chi connectivity index (χ1v) is 6.29. The highest BCUT2D eigenvalue weighted by Gasteiger charge is 2.04. The van der Waals surface area contributed by atoms with E-state index in [1.54, 1.807) is 0 Å². The molecule has 0 saturated carbocycles. The molecule has 0 aliphatic heterocycles. The molecule has 0 aromatic heterocycles. The van der Waals surface area contributed by atoms with Crippen molar-refractivity contribution in [2.45, 2.75) is 26.4 Å². The highest BCUT2D eigenvalue weighted by atomic mass is 16.3. The lowest BCUT2D eigenvalue weighted by Gasteiger charge is -2.12. The van der Waals surface area contributed by atoms with E-state index >= 15 is 0 Å². The maximum absolute atomic E-state index is 9.65. The van der Waals surface area contributed by atoms with E-state index in [4.69, 9.17) is 0 Å². The monoisotopic (exact) mass is 233 g/mol. The number of nitrogens with one attached hydrogen (secondary N) is 1. The van der Waals surface area contributed by atoms with Crippen LogP contribution in [-0.2, 0) is 0 Å². The Labute approximate surface area is 104 Å². The molecule has 0 spiro atoms. The molecule has 0 fully saturated rings. The highest BCUT2D eigenvalue weighted by molar-refractivity contribution is 5.48. The van der Waals surface area contributed by atoms with Gasteiger partial charge in [-0.15, -0.1) is 0 Å². The molecule has 2 N–H and O–H groups in total. The second kappa shape index (κ2) is 8.04. The highest BCUT2D eigenvalue weighted by Crippen LogP contribution is 2.03. The molecule has 0 saturated heterocycles. The Morgan fingerprint density at radius 2 is 1.94 bits per heavy atom. The molecule has 0 amide bonds. The smallest absolute Gasteiger partial charge is 0.0667 e. The summed E-state index contributed by atoms with van der Waals surface area (Å²) in [5.41, 5.74) is 1.21. The molecule has 0 heterocycles. The zero-order valence-electron chi connectivity index (χ0n) is 10.8. The Balaban J connectivity index is 2.14. The molecule has 1 aromatic rings. The molecular formula is C15H23NO. The quantitative estimate of drug-likeness (QED) is 0.710. The normalized spacial score (nSPS) is 13.4. The van der Waals surface area contributed by atoms with E-state index in [9.17, 15) is 5.11 Å². The van der Waals surface area contributed by atoms with Crippen molar-refractivity contribution in [2.24, 2.45) is 5.92 Å². The Morgan fingerprint density at radius 1 is 1.24 bits per heavy atom. The number of hydrogen-bond acceptors (Lipinski definition) is 2. The predicted molar refractivity (Wildman–Crippen MR) is 73.8 cm³/mol. The van der Waals surface area contributed by atoms with E-state index in [0.717, 1.165) is 13.0 Å². The van der Waals surface area contributed by atoms with Gasteiger partial charge in [-0.1, -0.05) is 56.3 Å². The number of rotatable bonds is 7. The van der Waals surface area contributed by atoms with E-state index < -0.39 is 0 Å². The van der Waals surface area contributed by atoms with Crippen LogP contribution in [0.25, 0.3) is 6.08 Å². The molecule has 2 heteroatoms. The Kier molecular flexibility index (Phi) is 6.60. The molecule has 0 aliphatic rings. The predicted octanol–water partition coefficient (Wildman–Crippen LogP) is 2.70. The third-order valence-corrected chi connectivity index (χ3v) is 2.50. The van der Waals surface area contributed by atoms with E-state index in [-0.39, 0.29) is 6.10 Å². The van der Waals surface area contributed by atoms with E-state index in [0.29, 0.717) is 12.5 Å². The van der Waals surface area contributed by atoms with E-state index in [2.05, 4.69) is 43.4 Å². The summed E-state index contributed by atoms with van der Waals surface area (Å²) in [6.07, 6.45) is 4.79. The molecule has 0 aliphatic carbocycles. The lowest BCUT2D eigenvalue weighted by atomic mass is 10.1. The summed E-state index contributed by atoms with van der Waals surface area (Å²) in [7, 11) is 0. The molecule has 0 radical (unpaired) electrons. The van der Waals surface area contributed by atoms with Crippen molar-refractivity contribution in [2.75, 3.05) is 13.1 Å². The largest absolute Gasteiger partial charge is 0.392 e. The van der Waals surface area contributed by atoms with Crippen molar-refractivity contribution in [3.63, 3.8) is 0 Å². The Hall–Kier alpha value is -1.12. The summed E-state index contributed by atoms with van der Waals surface area (Å²) in [4.78, 5) is 0. The lowest BCUT2D eigenvalue weighted by Crippen LogP contribution is -2.27. The minimum atomic E-state index is -0.236. The first-order chi connectivity index (χ1) is 8.18. The van der Waals surface area contributed by atoms with Crippen molar-refractivity contribution in [3.8, 4) is 0 Å². The van der Waals surface area contributed by atoms with Crippen LogP contribution in [0.4, 0.5) is 0 Å². The number of hydrogen-bond donors (Lipinski definition) is 2. The topological polar surface area (TPSA) is 32.3 Å². The van der Waals surface area contributed by atoms with Crippen LogP contribution >= 0.6 is 0 Å². The zero-order chi connectivity index (χ0) is 12.5. The minimum Gasteiger partial charge on any atom is -0.392 e. The molecule has 17 heavy (non-hydrogen) atoms. The SMILES string of the molecule is CC(C)CC(O)CNC/C=C/c1ccccc1. The summed E-state index contributed by atoms with van der Waals surface area (Å²) < 4.78 is 0. The summed E-state index contributed by atoms with van der Waals surface area (Å²) in [6, 6.07) is 10.2. The third kappa shape index (κ3) is 6.93. The van der Waals surface area contributed by atoms with Gasteiger partial charge < -0.3 is 10.4 Å². The summed E-state index contributed by atoms with van der Waals surface area (Å²) >= 11 is 0. The molecule has 1 atom stereocenters. The fourth-order valence-corrected chi connectivity index (χ4v) is 1.72. The van der Waals surface area contributed by atoms with Gasteiger partial charge >= 0.3 is 0 Å². The number of aliphatic hydroxyl groups is 1. The average molecular weight is 233 g/mol. The first-order valence-electron chi connectivity index (χ1n) is 6.29. The average Bonchev–Trinajstić information content (AvgIpc) is 2.29. The molecule has 1 rings (SSSR count). The fraction of sp³-hybridized carbons (Fsp3) is 0.467. The van der Waals surface area contributed by atoms with Gasteiger partial charge in [-0.25, -0.2) is 0 Å². The van der Waals surface area contributed by atoms with Crippen LogP contribution in [0, 0.1) is 5.92 Å². The number of benzene rings is 1. The summed E-state index contributed by atoms with van der Waals surface area (Å²) in [5, 5.41) is 12.9. The van der Waals surface area contributed by atoms with E-state index in [1.807, 2.05) is 18.2 Å². The van der Waals surface area contributed by atoms with Gasteiger partial charge in [-0.3, -0.25) is 0 Å². The van der Waals surface area contributed by atoms with Gasteiger partial charge in [0.25, 0.3) is 0 Å². The van der Waals surface area contributed by atoms with Gasteiger partial charge in [-0.2, -0.15) is 0 Å². The van der Waals surface area contributed by atoms with Crippen molar-refractivity contribution in [1.82, 2.24) is 5.32 Å². The van der Waals surface area contributed by atoms with Gasteiger partial charge in [-0.05, 0) is 17.9 Å². The second-order valence-electron chi connectivity index (χ2n) is 4.75. The van der Waals surface area contributed by atoms with Crippen LogP contribution in [0.3, 0.4) is 0 Å². The van der Waals surface area contributed by atoms with Crippen LogP contribution in [0.15, 0.2) is 36.4 Å². The van der Waals surface area contributed by atoms with Crippen LogP contribution in [0.2, 0.25) is 0 Å². The number of aliphatic hydroxyl groups excluding tert-OH is 1. The van der Waals surface area contributed by atoms with Gasteiger partial charge in [0.2, 0.25) is 0 Å². The van der Waals surface area contributed by atoms with Crippen molar-refractivity contribution >= 4 is 6.08 Å². The van der Waals surface area contributed by atoms with Crippen molar-refractivity contribution < 1.29 is 5.11 Å². The standard InChI is InChI=1S/C15H23NO/c1-13(2)11-15(17)12-16-10-6-9-14-7-4-3-5-8-14/h3-9,13,15-17H,10-12H2,1-2H3/b9-6+. The molecule has 0 bridgehead atoms. The van der Waals surface area contributed by atoms with Gasteiger partial charge in [0.05, 0.1) is 6.10 Å². The maximum atomic E-state index is 9.65. The molecule has 2 nitrogen and oxygen atoms in total.